The summed E-state index contributed by atoms with van der Waals surface area (Å²) in [6.07, 6.45) is 2.69. The van der Waals surface area contributed by atoms with Gasteiger partial charge in [0.1, 0.15) is 17.1 Å². The van der Waals surface area contributed by atoms with Crippen molar-refractivity contribution >= 4 is 39.6 Å². The van der Waals surface area contributed by atoms with Crippen LogP contribution in [0.15, 0.2) is 52.2 Å². The Balaban J connectivity index is 1.50. The third-order valence-corrected chi connectivity index (χ3v) is 5.16. The summed E-state index contributed by atoms with van der Waals surface area (Å²) < 4.78 is 7.38. The number of thioether (sulfide) groups is 1. The lowest BCUT2D eigenvalue weighted by atomic mass is 10.2. The Morgan fingerprint density at radius 1 is 1.19 bits per heavy atom. The van der Waals surface area contributed by atoms with Gasteiger partial charge < -0.3 is 8.98 Å². The summed E-state index contributed by atoms with van der Waals surface area (Å²) in [5.41, 5.74) is 2.72. The lowest BCUT2D eigenvalue weighted by Crippen LogP contribution is -2.04. The minimum atomic E-state index is 0.145. The van der Waals surface area contributed by atoms with Gasteiger partial charge in [-0.2, -0.15) is 0 Å². The molecule has 4 aromatic rings. The average molecular weight is 366 g/mol. The number of furan rings is 1. The molecule has 0 aliphatic rings. The Kier molecular flexibility index (Phi) is 4.71. The van der Waals surface area contributed by atoms with E-state index in [0.717, 1.165) is 34.4 Å². The van der Waals surface area contributed by atoms with E-state index in [1.54, 1.807) is 6.26 Å². The minimum absolute atomic E-state index is 0.145. The number of Topliss-reactive ketones (excluding diaryl/α,β-unsaturated/α-hetero) is 1. The molecule has 3 heterocycles. The standard InChI is InChI=1S/C19H18N4O2S/c1-2-23-16-8-4-3-7-15(16)17-18(23)20-19(22-21-17)26-12-13(24)9-10-14-6-5-11-25-14/h3-8,11H,2,9-10,12H2,1H3. The number of ketones is 1. The summed E-state index contributed by atoms with van der Waals surface area (Å²) in [4.78, 5) is 16.7. The second-order valence-corrected chi connectivity index (χ2v) is 6.88. The van der Waals surface area contributed by atoms with Crippen molar-refractivity contribution in [2.45, 2.75) is 31.5 Å². The molecule has 0 unspecified atom stereocenters. The van der Waals surface area contributed by atoms with Crippen LogP contribution in [-0.2, 0) is 17.8 Å². The van der Waals surface area contributed by atoms with E-state index in [-0.39, 0.29) is 5.78 Å². The molecule has 26 heavy (non-hydrogen) atoms. The van der Waals surface area contributed by atoms with E-state index in [1.807, 2.05) is 30.3 Å². The molecule has 0 saturated heterocycles. The van der Waals surface area contributed by atoms with Crippen molar-refractivity contribution in [2.75, 3.05) is 5.75 Å². The van der Waals surface area contributed by atoms with Crippen LogP contribution in [0.5, 0.6) is 0 Å². The molecule has 4 rings (SSSR count). The maximum atomic E-state index is 12.1. The van der Waals surface area contributed by atoms with Crippen LogP contribution < -0.4 is 0 Å². The van der Waals surface area contributed by atoms with E-state index in [0.29, 0.717) is 23.8 Å². The van der Waals surface area contributed by atoms with Crippen LogP contribution in [0.25, 0.3) is 22.1 Å². The number of para-hydroxylation sites is 1. The van der Waals surface area contributed by atoms with Crippen LogP contribution in [-0.4, -0.2) is 31.3 Å². The SMILES string of the molecule is CCn1c2ccccc2c2nnc(SCC(=O)CCc3ccco3)nc21. The Hall–Kier alpha value is -2.67. The predicted octanol–water partition coefficient (Wildman–Crippen LogP) is 3.89. The second-order valence-electron chi connectivity index (χ2n) is 5.93. The highest BCUT2D eigenvalue weighted by Crippen LogP contribution is 2.27. The summed E-state index contributed by atoms with van der Waals surface area (Å²) >= 11 is 1.33. The maximum Gasteiger partial charge on any atom is 0.211 e. The van der Waals surface area contributed by atoms with Gasteiger partial charge in [-0.25, -0.2) is 4.98 Å². The van der Waals surface area contributed by atoms with Crippen molar-refractivity contribution in [2.24, 2.45) is 0 Å². The molecule has 0 saturated carbocycles. The summed E-state index contributed by atoms with van der Waals surface area (Å²) in [6, 6.07) is 11.8. The molecule has 6 nitrogen and oxygen atoms in total. The van der Waals surface area contributed by atoms with E-state index in [4.69, 9.17) is 4.42 Å². The predicted molar refractivity (Wildman–Crippen MR) is 101 cm³/mol. The lowest BCUT2D eigenvalue weighted by molar-refractivity contribution is -0.116. The zero-order valence-electron chi connectivity index (χ0n) is 14.4. The van der Waals surface area contributed by atoms with Crippen LogP contribution in [0, 0.1) is 0 Å². The van der Waals surface area contributed by atoms with Gasteiger partial charge in [0.2, 0.25) is 5.16 Å². The fraction of sp³-hybridized carbons (Fsp3) is 0.263. The third-order valence-electron chi connectivity index (χ3n) is 4.26. The van der Waals surface area contributed by atoms with E-state index in [9.17, 15) is 4.79 Å². The topological polar surface area (TPSA) is 73.8 Å². The largest absolute Gasteiger partial charge is 0.469 e. The van der Waals surface area contributed by atoms with Crippen molar-refractivity contribution in [1.82, 2.24) is 19.7 Å². The first-order valence-corrected chi connectivity index (χ1v) is 9.53. The zero-order chi connectivity index (χ0) is 17.9. The molecule has 0 aliphatic heterocycles. The molecule has 0 atom stereocenters. The summed E-state index contributed by atoms with van der Waals surface area (Å²) in [6.45, 7) is 2.88. The van der Waals surface area contributed by atoms with Gasteiger partial charge in [0.25, 0.3) is 0 Å². The highest BCUT2D eigenvalue weighted by Gasteiger charge is 2.14. The molecule has 0 bridgehead atoms. The second kappa shape index (κ2) is 7.29. The number of aromatic nitrogens is 4. The van der Waals surface area contributed by atoms with Gasteiger partial charge in [-0.05, 0) is 25.1 Å². The van der Waals surface area contributed by atoms with Crippen LogP contribution >= 0.6 is 11.8 Å². The van der Waals surface area contributed by atoms with Crippen molar-refractivity contribution in [3.8, 4) is 0 Å². The van der Waals surface area contributed by atoms with Crippen molar-refractivity contribution < 1.29 is 9.21 Å². The maximum absolute atomic E-state index is 12.1. The van der Waals surface area contributed by atoms with E-state index in [2.05, 4.69) is 32.7 Å². The molecule has 0 N–H and O–H groups in total. The molecule has 1 aromatic carbocycles. The monoisotopic (exact) mass is 366 g/mol. The number of rotatable bonds is 7. The molecule has 0 radical (unpaired) electrons. The van der Waals surface area contributed by atoms with Crippen molar-refractivity contribution in [1.29, 1.82) is 0 Å². The van der Waals surface area contributed by atoms with Crippen molar-refractivity contribution in [3.05, 3.63) is 48.4 Å². The van der Waals surface area contributed by atoms with Gasteiger partial charge >= 0.3 is 0 Å². The minimum Gasteiger partial charge on any atom is -0.469 e. The van der Waals surface area contributed by atoms with Crippen LogP contribution in [0.2, 0.25) is 0 Å². The summed E-state index contributed by atoms with van der Waals surface area (Å²) in [7, 11) is 0. The molecule has 3 aromatic heterocycles. The van der Waals surface area contributed by atoms with Crippen LogP contribution in [0.1, 0.15) is 19.1 Å². The molecule has 7 heteroatoms. The lowest BCUT2D eigenvalue weighted by Gasteiger charge is -2.03. The Bertz CT molecular complexity index is 1060. The molecule has 0 fully saturated rings. The first kappa shape index (κ1) is 16.8. The smallest absolute Gasteiger partial charge is 0.211 e. The number of hydrogen-bond donors (Lipinski definition) is 0. The van der Waals surface area contributed by atoms with Gasteiger partial charge in [-0.1, -0.05) is 30.0 Å². The first-order valence-electron chi connectivity index (χ1n) is 8.55. The Labute approximate surface area is 154 Å². The average Bonchev–Trinajstić information content (AvgIpc) is 3.30. The molecular weight excluding hydrogens is 348 g/mol. The number of fused-ring (bicyclic) bond motifs is 3. The van der Waals surface area contributed by atoms with Crippen LogP contribution in [0.4, 0.5) is 0 Å². The molecule has 132 valence electrons. The number of benzene rings is 1. The van der Waals surface area contributed by atoms with Crippen LogP contribution in [0.3, 0.4) is 0 Å². The highest BCUT2D eigenvalue weighted by atomic mass is 32.2. The first-order chi connectivity index (χ1) is 12.8. The van der Waals surface area contributed by atoms with Gasteiger partial charge in [0, 0.05) is 24.8 Å². The number of carbonyl (C=O) groups excluding carboxylic acids is 1. The number of aryl methyl sites for hydroxylation is 2. The Morgan fingerprint density at radius 2 is 2.08 bits per heavy atom. The number of carbonyl (C=O) groups is 1. The summed E-state index contributed by atoms with van der Waals surface area (Å²) in [5.74, 6) is 1.31. The van der Waals surface area contributed by atoms with Gasteiger partial charge in [-0.15, -0.1) is 10.2 Å². The fourth-order valence-electron chi connectivity index (χ4n) is 3.01. The molecule has 0 amide bonds. The van der Waals surface area contributed by atoms with Gasteiger partial charge in [0.15, 0.2) is 5.65 Å². The normalized spacial score (nSPS) is 11.4. The van der Waals surface area contributed by atoms with E-state index < -0.39 is 0 Å². The molecule has 0 spiro atoms. The van der Waals surface area contributed by atoms with Gasteiger partial charge in [-0.3, -0.25) is 4.79 Å². The number of hydrogen-bond acceptors (Lipinski definition) is 6. The van der Waals surface area contributed by atoms with E-state index >= 15 is 0 Å². The fourth-order valence-corrected chi connectivity index (χ4v) is 3.69. The highest BCUT2D eigenvalue weighted by molar-refractivity contribution is 7.99. The molecule has 0 aliphatic carbocycles. The Morgan fingerprint density at radius 3 is 2.88 bits per heavy atom. The number of nitrogens with zero attached hydrogens (tertiary/aromatic N) is 4. The third kappa shape index (κ3) is 3.22. The van der Waals surface area contributed by atoms with Crippen molar-refractivity contribution in [3.63, 3.8) is 0 Å². The zero-order valence-corrected chi connectivity index (χ0v) is 15.2. The molecular formula is C19H18N4O2S. The summed E-state index contributed by atoms with van der Waals surface area (Å²) in [5, 5.41) is 10.1. The van der Waals surface area contributed by atoms with Gasteiger partial charge in [0.05, 0.1) is 17.5 Å². The quantitative estimate of drug-likeness (QED) is 0.462. The van der Waals surface area contributed by atoms with E-state index in [1.165, 1.54) is 11.8 Å².